The summed E-state index contributed by atoms with van der Waals surface area (Å²) < 4.78 is 21.6. The van der Waals surface area contributed by atoms with Crippen LogP contribution in [0.5, 0.6) is 17.2 Å². The molecule has 0 saturated carbocycles. The number of anilines is 1. The molecule has 0 amide bonds. The maximum absolute atomic E-state index is 5.61. The maximum Gasteiger partial charge on any atom is 0.315 e. The standard InChI is InChI=1S/C16H23N3O4/c1-16(2,3)14-18-19-15(23-14)17-9-10-7-11(20-4)13(22-6)12(8-10)21-5/h7-8H,9H2,1-6H3,(H,17,19). The Hall–Kier alpha value is -2.44. The number of methoxy groups -OCH3 is 3. The van der Waals surface area contributed by atoms with Crippen molar-refractivity contribution in [3.8, 4) is 17.2 Å². The highest BCUT2D eigenvalue weighted by Gasteiger charge is 2.21. The van der Waals surface area contributed by atoms with Crippen molar-refractivity contribution in [1.82, 2.24) is 10.2 Å². The van der Waals surface area contributed by atoms with E-state index in [-0.39, 0.29) is 5.41 Å². The largest absolute Gasteiger partial charge is 0.493 e. The summed E-state index contributed by atoms with van der Waals surface area (Å²) in [4.78, 5) is 0. The summed E-state index contributed by atoms with van der Waals surface area (Å²) in [5, 5.41) is 11.1. The minimum Gasteiger partial charge on any atom is -0.493 e. The Labute approximate surface area is 136 Å². The molecule has 0 unspecified atom stereocenters. The van der Waals surface area contributed by atoms with Gasteiger partial charge in [0.15, 0.2) is 11.5 Å². The lowest BCUT2D eigenvalue weighted by molar-refractivity contribution is 0.324. The second kappa shape index (κ2) is 6.76. The van der Waals surface area contributed by atoms with Gasteiger partial charge in [0.25, 0.3) is 0 Å². The molecule has 1 aromatic carbocycles. The van der Waals surface area contributed by atoms with Crippen LogP contribution in [0.2, 0.25) is 0 Å². The quantitative estimate of drug-likeness (QED) is 0.876. The van der Waals surface area contributed by atoms with Gasteiger partial charge in [0.2, 0.25) is 11.6 Å². The van der Waals surface area contributed by atoms with Gasteiger partial charge in [-0.1, -0.05) is 25.9 Å². The lowest BCUT2D eigenvalue weighted by Gasteiger charge is -2.14. The summed E-state index contributed by atoms with van der Waals surface area (Å²) in [6, 6.07) is 4.12. The maximum atomic E-state index is 5.61. The fourth-order valence-electron chi connectivity index (χ4n) is 2.01. The third-order valence-corrected chi connectivity index (χ3v) is 3.23. The Morgan fingerprint density at radius 1 is 1.00 bits per heavy atom. The van der Waals surface area contributed by atoms with Gasteiger partial charge in [0.1, 0.15) is 0 Å². The average molecular weight is 321 g/mol. The molecule has 0 aliphatic rings. The van der Waals surface area contributed by atoms with E-state index in [9.17, 15) is 0 Å². The van der Waals surface area contributed by atoms with Crippen molar-refractivity contribution in [2.75, 3.05) is 26.6 Å². The molecular weight excluding hydrogens is 298 g/mol. The smallest absolute Gasteiger partial charge is 0.315 e. The summed E-state index contributed by atoms with van der Waals surface area (Å²) in [6.07, 6.45) is 0. The van der Waals surface area contributed by atoms with Crippen molar-refractivity contribution in [2.24, 2.45) is 0 Å². The van der Waals surface area contributed by atoms with Crippen LogP contribution in [0.1, 0.15) is 32.2 Å². The third kappa shape index (κ3) is 3.85. The van der Waals surface area contributed by atoms with E-state index in [1.165, 1.54) is 0 Å². The predicted octanol–water partition coefficient (Wildman–Crippen LogP) is 3.01. The SMILES string of the molecule is COc1cc(CNc2nnc(C(C)(C)C)o2)cc(OC)c1OC. The van der Waals surface area contributed by atoms with E-state index in [0.29, 0.717) is 35.7 Å². The molecule has 23 heavy (non-hydrogen) atoms. The molecule has 126 valence electrons. The van der Waals surface area contributed by atoms with Crippen LogP contribution in [0.25, 0.3) is 0 Å². The first-order chi connectivity index (χ1) is 10.9. The van der Waals surface area contributed by atoms with Crippen molar-refractivity contribution in [2.45, 2.75) is 32.7 Å². The van der Waals surface area contributed by atoms with Gasteiger partial charge in [-0.2, -0.15) is 0 Å². The molecule has 1 heterocycles. The van der Waals surface area contributed by atoms with Crippen molar-refractivity contribution in [3.05, 3.63) is 23.6 Å². The Morgan fingerprint density at radius 2 is 1.61 bits per heavy atom. The van der Waals surface area contributed by atoms with Crippen LogP contribution in [0.3, 0.4) is 0 Å². The molecule has 0 aliphatic carbocycles. The first-order valence-corrected chi connectivity index (χ1v) is 7.25. The summed E-state index contributed by atoms with van der Waals surface area (Å²) in [5.74, 6) is 2.35. The number of aromatic nitrogens is 2. The molecule has 0 atom stereocenters. The van der Waals surface area contributed by atoms with Gasteiger partial charge in [-0.3, -0.25) is 0 Å². The van der Waals surface area contributed by atoms with E-state index < -0.39 is 0 Å². The van der Waals surface area contributed by atoms with Crippen molar-refractivity contribution >= 4 is 6.01 Å². The molecule has 0 bridgehead atoms. The van der Waals surface area contributed by atoms with E-state index in [1.807, 2.05) is 32.9 Å². The second-order valence-corrected chi connectivity index (χ2v) is 6.05. The van der Waals surface area contributed by atoms with Crippen LogP contribution >= 0.6 is 0 Å². The highest BCUT2D eigenvalue weighted by atomic mass is 16.5. The van der Waals surface area contributed by atoms with Gasteiger partial charge >= 0.3 is 6.01 Å². The molecule has 0 radical (unpaired) electrons. The normalized spacial score (nSPS) is 11.2. The molecule has 7 heteroatoms. The fourth-order valence-corrected chi connectivity index (χ4v) is 2.01. The topological polar surface area (TPSA) is 78.6 Å². The van der Waals surface area contributed by atoms with Gasteiger partial charge in [0, 0.05) is 12.0 Å². The molecule has 2 aromatic rings. The summed E-state index contributed by atoms with van der Waals surface area (Å²) in [7, 11) is 4.75. The fraction of sp³-hybridized carbons (Fsp3) is 0.500. The highest BCUT2D eigenvalue weighted by Crippen LogP contribution is 2.38. The summed E-state index contributed by atoms with van der Waals surface area (Å²) in [6.45, 7) is 6.54. The zero-order valence-electron chi connectivity index (χ0n) is 14.4. The number of benzene rings is 1. The van der Waals surface area contributed by atoms with Crippen LogP contribution in [-0.2, 0) is 12.0 Å². The second-order valence-electron chi connectivity index (χ2n) is 6.05. The van der Waals surface area contributed by atoms with E-state index in [0.717, 1.165) is 5.56 Å². The zero-order valence-corrected chi connectivity index (χ0v) is 14.4. The predicted molar refractivity (Wildman–Crippen MR) is 86.4 cm³/mol. The Balaban J connectivity index is 2.16. The van der Waals surface area contributed by atoms with E-state index in [2.05, 4.69) is 15.5 Å². The molecule has 0 aliphatic heterocycles. The molecule has 0 spiro atoms. The number of nitrogens with one attached hydrogen (secondary N) is 1. The third-order valence-electron chi connectivity index (χ3n) is 3.23. The molecular formula is C16H23N3O4. The Kier molecular flexibility index (Phi) is 4.98. The lowest BCUT2D eigenvalue weighted by atomic mass is 9.97. The number of hydrogen-bond acceptors (Lipinski definition) is 7. The number of nitrogens with zero attached hydrogens (tertiary/aromatic N) is 2. The van der Waals surface area contributed by atoms with Crippen molar-refractivity contribution in [1.29, 1.82) is 0 Å². The van der Waals surface area contributed by atoms with Crippen molar-refractivity contribution in [3.63, 3.8) is 0 Å². The van der Waals surface area contributed by atoms with Crippen LogP contribution in [0.4, 0.5) is 6.01 Å². The minimum absolute atomic E-state index is 0.181. The minimum atomic E-state index is -0.181. The Morgan fingerprint density at radius 3 is 2.04 bits per heavy atom. The number of rotatable bonds is 6. The molecule has 2 rings (SSSR count). The van der Waals surface area contributed by atoms with Crippen molar-refractivity contribution < 1.29 is 18.6 Å². The van der Waals surface area contributed by atoms with Gasteiger partial charge in [-0.25, -0.2) is 0 Å². The molecule has 1 aromatic heterocycles. The first-order valence-electron chi connectivity index (χ1n) is 7.25. The van der Waals surface area contributed by atoms with Crippen LogP contribution in [0, 0.1) is 0 Å². The molecule has 0 saturated heterocycles. The summed E-state index contributed by atoms with van der Waals surface area (Å²) >= 11 is 0. The first kappa shape index (κ1) is 16.9. The monoisotopic (exact) mass is 321 g/mol. The van der Waals surface area contributed by atoms with Gasteiger partial charge in [-0.05, 0) is 17.7 Å². The highest BCUT2D eigenvalue weighted by molar-refractivity contribution is 5.54. The molecule has 0 fully saturated rings. The van der Waals surface area contributed by atoms with Gasteiger partial charge < -0.3 is 23.9 Å². The number of ether oxygens (including phenoxy) is 3. The number of hydrogen-bond donors (Lipinski definition) is 1. The van der Waals surface area contributed by atoms with E-state index in [1.54, 1.807) is 21.3 Å². The van der Waals surface area contributed by atoms with Crippen LogP contribution in [0.15, 0.2) is 16.5 Å². The molecule has 1 N–H and O–H groups in total. The lowest BCUT2D eigenvalue weighted by Crippen LogP contribution is -2.11. The van der Waals surface area contributed by atoms with Gasteiger partial charge in [-0.15, -0.1) is 5.10 Å². The van der Waals surface area contributed by atoms with E-state index in [4.69, 9.17) is 18.6 Å². The Bertz CT molecular complexity index is 637. The molecule has 7 nitrogen and oxygen atoms in total. The van der Waals surface area contributed by atoms with E-state index >= 15 is 0 Å². The van der Waals surface area contributed by atoms with Crippen LogP contribution < -0.4 is 19.5 Å². The van der Waals surface area contributed by atoms with Crippen LogP contribution in [-0.4, -0.2) is 31.5 Å². The zero-order chi connectivity index (χ0) is 17.0. The van der Waals surface area contributed by atoms with Gasteiger partial charge in [0.05, 0.1) is 21.3 Å². The average Bonchev–Trinajstić information content (AvgIpc) is 3.00. The summed E-state index contributed by atoms with van der Waals surface area (Å²) in [5.41, 5.74) is 0.759.